The number of halogens is 1. The zero-order valence-corrected chi connectivity index (χ0v) is 8.99. The van der Waals surface area contributed by atoms with Gasteiger partial charge < -0.3 is 0 Å². The topological polar surface area (TPSA) is 36.7 Å². The largest absolute Gasteiger partial charge is 0.236 e. The minimum atomic E-state index is -0.227. The summed E-state index contributed by atoms with van der Waals surface area (Å²) in [5.74, 6) is -0.227. The van der Waals surface area contributed by atoms with Crippen LogP contribution in [0.3, 0.4) is 0 Å². The highest BCUT2D eigenvalue weighted by atomic mass is 35.5. The van der Waals surface area contributed by atoms with Crippen LogP contribution in [0.15, 0.2) is 30.3 Å². The average Bonchev–Trinajstić information content (AvgIpc) is 2.27. The molecule has 0 aliphatic rings. The molecule has 1 atom stereocenters. The molecule has 74 valence electrons. The summed E-state index contributed by atoms with van der Waals surface area (Å²) < 4.78 is 0. The van der Waals surface area contributed by atoms with Crippen molar-refractivity contribution in [3.63, 3.8) is 0 Å². The molecule has 0 saturated heterocycles. The van der Waals surface area contributed by atoms with Gasteiger partial charge in [-0.15, -0.1) is 0 Å². The number of aromatic nitrogens is 1. The van der Waals surface area contributed by atoms with Crippen LogP contribution in [0.5, 0.6) is 0 Å². The molecule has 2 aromatic rings. The summed E-state index contributed by atoms with van der Waals surface area (Å²) in [5.41, 5.74) is 1.65. The van der Waals surface area contributed by atoms with E-state index in [1.807, 2.05) is 37.3 Å². The predicted octanol–water partition coefficient (Wildman–Crippen LogP) is 3.52. The van der Waals surface area contributed by atoms with Crippen molar-refractivity contribution in [1.82, 2.24) is 4.98 Å². The van der Waals surface area contributed by atoms with Crippen molar-refractivity contribution in [3.05, 3.63) is 41.0 Å². The molecule has 1 unspecified atom stereocenters. The van der Waals surface area contributed by atoms with E-state index in [2.05, 4.69) is 11.1 Å². The van der Waals surface area contributed by atoms with E-state index in [0.29, 0.717) is 5.15 Å². The Morgan fingerprint density at radius 1 is 1.40 bits per heavy atom. The van der Waals surface area contributed by atoms with E-state index in [4.69, 9.17) is 16.9 Å². The Balaban J connectivity index is 2.68. The highest BCUT2D eigenvalue weighted by Crippen LogP contribution is 2.26. The highest BCUT2D eigenvalue weighted by Gasteiger charge is 2.10. The van der Waals surface area contributed by atoms with Crippen molar-refractivity contribution < 1.29 is 0 Å². The lowest BCUT2D eigenvalue weighted by molar-refractivity contribution is 0.974. The van der Waals surface area contributed by atoms with Gasteiger partial charge in [-0.2, -0.15) is 5.26 Å². The molecule has 0 fully saturated rings. The fourth-order valence-corrected chi connectivity index (χ4v) is 1.79. The van der Waals surface area contributed by atoms with Crippen molar-refractivity contribution in [2.75, 3.05) is 0 Å². The molecule has 0 amide bonds. The van der Waals surface area contributed by atoms with E-state index in [0.717, 1.165) is 16.5 Å². The maximum absolute atomic E-state index is 8.85. The molecule has 0 saturated carbocycles. The number of para-hydroxylation sites is 1. The van der Waals surface area contributed by atoms with Gasteiger partial charge >= 0.3 is 0 Å². The molecule has 0 N–H and O–H groups in total. The number of pyridine rings is 1. The zero-order chi connectivity index (χ0) is 10.8. The van der Waals surface area contributed by atoms with Crippen LogP contribution >= 0.6 is 11.6 Å². The number of nitrogens with zero attached hydrogens (tertiary/aromatic N) is 2. The molecule has 1 heterocycles. The number of rotatable bonds is 1. The van der Waals surface area contributed by atoms with Crippen LogP contribution in [0.4, 0.5) is 0 Å². The first kappa shape index (κ1) is 9.95. The maximum atomic E-state index is 8.85. The average molecular weight is 217 g/mol. The molecule has 0 aliphatic carbocycles. The van der Waals surface area contributed by atoms with Crippen molar-refractivity contribution in [1.29, 1.82) is 5.26 Å². The monoisotopic (exact) mass is 216 g/mol. The summed E-state index contributed by atoms with van der Waals surface area (Å²) >= 11 is 6.01. The highest BCUT2D eigenvalue weighted by molar-refractivity contribution is 6.30. The summed E-state index contributed by atoms with van der Waals surface area (Å²) in [6, 6.07) is 11.8. The van der Waals surface area contributed by atoms with E-state index in [-0.39, 0.29) is 5.92 Å². The van der Waals surface area contributed by atoms with Gasteiger partial charge in [0.2, 0.25) is 0 Å². The molecule has 3 heteroatoms. The Morgan fingerprint density at radius 2 is 2.13 bits per heavy atom. The van der Waals surface area contributed by atoms with Crippen LogP contribution in [-0.4, -0.2) is 4.98 Å². The summed E-state index contributed by atoms with van der Waals surface area (Å²) in [6.07, 6.45) is 0. The van der Waals surface area contributed by atoms with Crippen LogP contribution < -0.4 is 0 Å². The van der Waals surface area contributed by atoms with Gasteiger partial charge in [0.15, 0.2) is 0 Å². The van der Waals surface area contributed by atoms with Gasteiger partial charge in [0.25, 0.3) is 0 Å². The third kappa shape index (κ3) is 1.79. The van der Waals surface area contributed by atoms with Crippen LogP contribution in [0.2, 0.25) is 5.15 Å². The lowest BCUT2D eigenvalue weighted by atomic mass is 10.0. The third-order valence-electron chi connectivity index (χ3n) is 2.36. The van der Waals surface area contributed by atoms with Gasteiger partial charge in [0.05, 0.1) is 17.5 Å². The third-order valence-corrected chi connectivity index (χ3v) is 2.67. The molecular formula is C12H9ClN2. The zero-order valence-electron chi connectivity index (χ0n) is 8.24. The second-order valence-electron chi connectivity index (χ2n) is 3.41. The molecule has 0 bridgehead atoms. The van der Waals surface area contributed by atoms with Gasteiger partial charge in [0, 0.05) is 10.9 Å². The second kappa shape index (κ2) is 3.88. The van der Waals surface area contributed by atoms with E-state index < -0.39 is 0 Å². The molecule has 15 heavy (non-hydrogen) atoms. The van der Waals surface area contributed by atoms with E-state index in [9.17, 15) is 0 Å². The normalized spacial score (nSPS) is 12.3. The fraction of sp³-hybridized carbons (Fsp3) is 0.167. The maximum Gasteiger partial charge on any atom is 0.134 e. The van der Waals surface area contributed by atoms with Crippen molar-refractivity contribution in [3.8, 4) is 6.07 Å². The van der Waals surface area contributed by atoms with Crippen LogP contribution in [-0.2, 0) is 0 Å². The second-order valence-corrected chi connectivity index (χ2v) is 3.77. The molecule has 2 rings (SSSR count). The smallest absolute Gasteiger partial charge is 0.134 e. The predicted molar refractivity (Wildman–Crippen MR) is 60.8 cm³/mol. The van der Waals surface area contributed by atoms with E-state index in [1.165, 1.54) is 0 Å². The lowest BCUT2D eigenvalue weighted by Gasteiger charge is -2.06. The van der Waals surface area contributed by atoms with Crippen molar-refractivity contribution in [2.24, 2.45) is 0 Å². The van der Waals surface area contributed by atoms with Crippen molar-refractivity contribution >= 4 is 22.5 Å². The fourth-order valence-electron chi connectivity index (χ4n) is 1.48. The first-order valence-corrected chi connectivity index (χ1v) is 5.05. The summed E-state index contributed by atoms with van der Waals surface area (Å²) in [7, 11) is 0. The van der Waals surface area contributed by atoms with Gasteiger partial charge in [-0.3, -0.25) is 0 Å². The Morgan fingerprint density at radius 3 is 2.87 bits per heavy atom. The van der Waals surface area contributed by atoms with Crippen LogP contribution in [0.1, 0.15) is 18.4 Å². The lowest BCUT2D eigenvalue weighted by Crippen LogP contribution is -1.93. The van der Waals surface area contributed by atoms with Crippen molar-refractivity contribution in [2.45, 2.75) is 12.8 Å². The first-order chi connectivity index (χ1) is 7.22. The van der Waals surface area contributed by atoms with Gasteiger partial charge in [-0.05, 0) is 19.1 Å². The number of benzene rings is 1. The quantitative estimate of drug-likeness (QED) is 0.684. The molecule has 2 nitrogen and oxygen atoms in total. The molecule has 1 aromatic heterocycles. The van der Waals surface area contributed by atoms with Gasteiger partial charge in [0.1, 0.15) is 5.15 Å². The van der Waals surface area contributed by atoms with Crippen LogP contribution in [0, 0.1) is 11.3 Å². The van der Waals surface area contributed by atoms with Gasteiger partial charge in [-0.25, -0.2) is 4.98 Å². The Labute approximate surface area is 93.1 Å². The summed E-state index contributed by atoms with van der Waals surface area (Å²) in [6.45, 7) is 1.82. The standard InChI is InChI=1S/C12H9ClN2/c1-8(7-14)10-6-9-4-2-3-5-11(9)15-12(10)13/h2-6,8H,1H3. The number of hydrogen-bond acceptors (Lipinski definition) is 2. The molecule has 1 aromatic carbocycles. The first-order valence-electron chi connectivity index (χ1n) is 4.67. The Kier molecular flexibility index (Phi) is 2.57. The summed E-state index contributed by atoms with van der Waals surface area (Å²) in [4.78, 5) is 4.26. The summed E-state index contributed by atoms with van der Waals surface area (Å²) in [5, 5.41) is 10.3. The minimum absolute atomic E-state index is 0.227. The molecule has 0 spiro atoms. The Bertz CT molecular complexity index is 543. The minimum Gasteiger partial charge on any atom is -0.236 e. The van der Waals surface area contributed by atoms with E-state index >= 15 is 0 Å². The molecular weight excluding hydrogens is 208 g/mol. The molecule has 0 aliphatic heterocycles. The SMILES string of the molecule is CC(C#N)c1cc2ccccc2nc1Cl. The molecule has 0 radical (unpaired) electrons. The van der Waals surface area contributed by atoms with E-state index in [1.54, 1.807) is 0 Å². The van der Waals surface area contributed by atoms with Crippen LogP contribution in [0.25, 0.3) is 10.9 Å². The van der Waals surface area contributed by atoms with Gasteiger partial charge in [-0.1, -0.05) is 29.8 Å². The number of nitriles is 1. The number of fused-ring (bicyclic) bond motifs is 1. The Hall–Kier alpha value is -1.59. The number of hydrogen-bond donors (Lipinski definition) is 0.